The van der Waals surface area contributed by atoms with Crippen molar-refractivity contribution in [2.24, 2.45) is 0 Å². The van der Waals surface area contributed by atoms with E-state index in [1.54, 1.807) is 0 Å². The highest BCUT2D eigenvalue weighted by atomic mass is 16.6. The lowest BCUT2D eigenvalue weighted by Gasteiger charge is -2.18. The predicted molar refractivity (Wildman–Crippen MR) is 325 cm³/mol. The molecule has 0 aromatic heterocycles. The number of hydrogen-bond acceptors (Lipinski definition) is 6. The van der Waals surface area contributed by atoms with E-state index in [4.69, 9.17) is 14.2 Å². The van der Waals surface area contributed by atoms with Crippen molar-refractivity contribution in [2.75, 3.05) is 13.2 Å². The van der Waals surface area contributed by atoms with Crippen LogP contribution in [0.4, 0.5) is 0 Å². The monoisotopic (exact) mass is 1050 g/mol. The van der Waals surface area contributed by atoms with E-state index in [0.29, 0.717) is 19.3 Å². The number of carbonyl (C=O) groups is 3. The molecule has 6 nitrogen and oxygen atoms in total. The summed E-state index contributed by atoms with van der Waals surface area (Å²) in [5.41, 5.74) is 0. The van der Waals surface area contributed by atoms with Gasteiger partial charge in [0.05, 0.1) is 0 Å². The number of hydrogen-bond donors (Lipinski definition) is 0. The van der Waals surface area contributed by atoms with Gasteiger partial charge in [-0.05, 0) is 83.5 Å². The number of carbonyl (C=O) groups excluding carboxylic acids is 3. The third-order valence-corrected chi connectivity index (χ3v) is 14.2. The van der Waals surface area contributed by atoms with Crippen molar-refractivity contribution in [1.82, 2.24) is 0 Å². The number of unbranched alkanes of at least 4 members (excludes halogenated alkanes) is 36. The van der Waals surface area contributed by atoms with E-state index in [9.17, 15) is 14.4 Å². The number of ether oxygens (including phenoxy) is 3. The van der Waals surface area contributed by atoms with Gasteiger partial charge in [-0.1, -0.05) is 299 Å². The van der Waals surface area contributed by atoms with Crippen LogP contribution in [-0.2, 0) is 28.6 Å². The fraction of sp³-hybridized carbons (Fsp3) is 0.783. The summed E-state index contributed by atoms with van der Waals surface area (Å²) in [4.78, 5) is 38.3. The minimum atomic E-state index is -0.808. The third-order valence-electron chi connectivity index (χ3n) is 14.2. The zero-order chi connectivity index (χ0) is 54.3. The fourth-order valence-electron chi connectivity index (χ4n) is 9.36. The van der Waals surface area contributed by atoms with Gasteiger partial charge in [0.1, 0.15) is 13.2 Å². The Morgan fingerprint density at radius 1 is 0.280 bits per heavy atom. The van der Waals surface area contributed by atoms with E-state index >= 15 is 0 Å². The van der Waals surface area contributed by atoms with Crippen molar-refractivity contribution in [3.63, 3.8) is 0 Å². The van der Waals surface area contributed by atoms with Gasteiger partial charge in [0, 0.05) is 19.3 Å². The van der Waals surface area contributed by atoms with Crippen LogP contribution in [-0.4, -0.2) is 37.2 Å². The van der Waals surface area contributed by atoms with Crippen molar-refractivity contribution >= 4 is 17.9 Å². The van der Waals surface area contributed by atoms with E-state index in [1.807, 2.05) is 0 Å². The first-order valence-electron chi connectivity index (χ1n) is 32.4. The first kappa shape index (κ1) is 71.8. The van der Waals surface area contributed by atoms with Gasteiger partial charge in [0.25, 0.3) is 0 Å². The summed E-state index contributed by atoms with van der Waals surface area (Å²) in [5.74, 6) is -0.949. The average molecular weight is 1050 g/mol. The second-order valence-electron chi connectivity index (χ2n) is 21.6. The van der Waals surface area contributed by atoms with E-state index in [0.717, 1.165) is 83.5 Å². The van der Waals surface area contributed by atoms with Gasteiger partial charge in [0.15, 0.2) is 6.10 Å². The second-order valence-corrected chi connectivity index (χ2v) is 21.6. The van der Waals surface area contributed by atoms with Gasteiger partial charge < -0.3 is 14.2 Å². The Hall–Kier alpha value is -3.15. The quantitative estimate of drug-likeness (QED) is 0.0261. The molecule has 434 valence electrons. The van der Waals surface area contributed by atoms with Crippen LogP contribution in [0.15, 0.2) is 72.9 Å². The Kier molecular flexibility index (Phi) is 60.7. The lowest BCUT2D eigenvalue weighted by atomic mass is 10.0. The Bertz CT molecular complexity index is 1390. The molecule has 6 heteroatoms. The molecule has 0 N–H and O–H groups in total. The van der Waals surface area contributed by atoms with Crippen LogP contribution in [0.1, 0.15) is 329 Å². The average Bonchev–Trinajstić information content (AvgIpc) is 3.41. The molecular formula is C69H122O6. The van der Waals surface area contributed by atoms with Gasteiger partial charge in [-0.25, -0.2) is 0 Å². The molecule has 0 spiro atoms. The molecule has 0 saturated carbocycles. The molecule has 0 rings (SSSR count). The summed E-state index contributed by atoms with van der Waals surface area (Å²) in [6, 6.07) is 0. The van der Waals surface area contributed by atoms with E-state index in [-0.39, 0.29) is 37.5 Å². The van der Waals surface area contributed by atoms with Gasteiger partial charge in [-0.15, -0.1) is 0 Å². The minimum Gasteiger partial charge on any atom is -0.462 e. The summed E-state index contributed by atoms with van der Waals surface area (Å²) in [7, 11) is 0. The molecule has 1 unspecified atom stereocenters. The molecule has 0 fully saturated rings. The Morgan fingerprint density at radius 2 is 0.533 bits per heavy atom. The maximum Gasteiger partial charge on any atom is 0.306 e. The van der Waals surface area contributed by atoms with Crippen LogP contribution >= 0.6 is 0 Å². The standard InChI is InChI=1S/C69H122O6/c1-4-7-10-13-16-19-22-25-28-31-32-33-34-35-36-37-39-41-44-47-50-53-56-59-62-68(71)74-65-66(64-73-67(70)61-58-55-52-49-46-43-40-30-27-24-21-18-15-12-9-6-3)75-69(72)63-60-57-54-51-48-45-42-38-29-26-23-20-17-14-11-8-5-2/h8,11,17,20,26,29-30,40,42,45,51,54,66H,4-7,9-10,12-16,18-19,21-25,27-28,31-39,41,43-44,46-50,52-53,55-65H2,1-3H3/b11-8-,20-17-,29-26-,40-30-,45-42-,54-51-. The highest BCUT2D eigenvalue weighted by molar-refractivity contribution is 5.71. The van der Waals surface area contributed by atoms with Gasteiger partial charge >= 0.3 is 17.9 Å². The SMILES string of the molecule is CC/C=C\C/C=C\C/C=C\C/C=C\C/C=C\CCCC(=O)OC(COC(=O)CCCCCCC/C=C\CCCCCCCCC)COC(=O)CCCCCCCCCCCCCCCCCCCCCCCCCC. The molecule has 0 aliphatic heterocycles. The minimum absolute atomic E-state index is 0.0977. The molecule has 75 heavy (non-hydrogen) atoms. The normalized spacial score (nSPS) is 12.5. The Morgan fingerprint density at radius 3 is 0.867 bits per heavy atom. The highest BCUT2D eigenvalue weighted by Gasteiger charge is 2.19. The molecule has 0 aliphatic rings. The second kappa shape index (κ2) is 63.4. The van der Waals surface area contributed by atoms with E-state index in [1.165, 1.54) is 199 Å². The maximum absolute atomic E-state index is 12.9. The number of rotatable bonds is 59. The Labute approximate surface area is 465 Å². The van der Waals surface area contributed by atoms with Crippen molar-refractivity contribution in [1.29, 1.82) is 0 Å². The first-order valence-corrected chi connectivity index (χ1v) is 32.4. The first-order chi connectivity index (χ1) is 37.0. The smallest absolute Gasteiger partial charge is 0.306 e. The molecule has 1 atom stereocenters. The third kappa shape index (κ3) is 61.6. The van der Waals surface area contributed by atoms with Crippen LogP contribution in [0, 0.1) is 0 Å². The molecule has 0 amide bonds. The lowest BCUT2D eigenvalue weighted by Crippen LogP contribution is -2.30. The fourth-order valence-corrected chi connectivity index (χ4v) is 9.36. The van der Waals surface area contributed by atoms with Crippen molar-refractivity contribution in [3.8, 4) is 0 Å². The van der Waals surface area contributed by atoms with E-state index in [2.05, 4.69) is 93.7 Å². The summed E-state index contributed by atoms with van der Waals surface area (Å²) in [6.45, 7) is 6.52. The van der Waals surface area contributed by atoms with Gasteiger partial charge in [0.2, 0.25) is 0 Å². The molecule has 0 heterocycles. The highest BCUT2D eigenvalue weighted by Crippen LogP contribution is 2.17. The molecule has 0 aromatic rings. The number of allylic oxidation sites excluding steroid dienone is 12. The maximum atomic E-state index is 12.9. The zero-order valence-corrected chi connectivity index (χ0v) is 49.8. The molecule has 0 aliphatic carbocycles. The van der Waals surface area contributed by atoms with Crippen molar-refractivity contribution in [3.05, 3.63) is 72.9 Å². The Balaban J connectivity index is 4.36. The van der Waals surface area contributed by atoms with Gasteiger partial charge in [-0.2, -0.15) is 0 Å². The predicted octanol–water partition coefficient (Wildman–Crippen LogP) is 22.1. The molecule has 0 saturated heterocycles. The molecular weight excluding hydrogens is 925 g/mol. The lowest BCUT2D eigenvalue weighted by molar-refractivity contribution is -0.167. The van der Waals surface area contributed by atoms with E-state index < -0.39 is 6.10 Å². The van der Waals surface area contributed by atoms with Gasteiger partial charge in [-0.3, -0.25) is 14.4 Å². The number of esters is 3. The molecule has 0 bridgehead atoms. The van der Waals surface area contributed by atoms with Crippen molar-refractivity contribution < 1.29 is 28.6 Å². The summed E-state index contributed by atoms with van der Waals surface area (Å²) in [6.07, 6.45) is 82.1. The van der Waals surface area contributed by atoms with Crippen LogP contribution in [0.2, 0.25) is 0 Å². The van der Waals surface area contributed by atoms with Crippen LogP contribution in [0.3, 0.4) is 0 Å². The van der Waals surface area contributed by atoms with Crippen LogP contribution in [0.5, 0.6) is 0 Å². The molecule has 0 aromatic carbocycles. The summed E-state index contributed by atoms with van der Waals surface area (Å²) < 4.78 is 16.9. The summed E-state index contributed by atoms with van der Waals surface area (Å²) >= 11 is 0. The van der Waals surface area contributed by atoms with Crippen molar-refractivity contribution in [2.45, 2.75) is 335 Å². The van der Waals surface area contributed by atoms with Crippen LogP contribution < -0.4 is 0 Å². The van der Waals surface area contributed by atoms with Crippen LogP contribution in [0.25, 0.3) is 0 Å². The molecule has 0 radical (unpaired) electrons. The summed E-state index contributed by atoms with van der Waals surface area (Å²) in [5, 5.41) is 0. The zero-order valence-electron chi connectivity index (χ0n) is 49.8. The topological polar surface area (TPSA) is 78.9 Å². The largest absolute Gasteiger partial charge is 0.462 e.